The number of piperazine rings is 1. The number of hydrogen-bond acceptors (Lipinski definition) is 8. The van der Waals surface area contributed by atoms with Gasteiger partial charge in [0.25, 0.3) is 5.91 Å². The molecule has 10 nitrogen and oxygen atoms in total. The van der Waals surface area contributed by atoms with Gasteiger partial charge in [0, 0.05) is 49.7 Å². The van der Waals surface area contributed by atoms with E-state index in [1.165, 1.54) is 0 Å². The van der Waals surface area contributed by atoms with Gasteiger partial charge in [-0.2, -0.15) is 5.10 Å². The van der Waals surface area contributed by atoms with Crippen molar-refractivity contribution < 1.29 is 14.3 Å². The molecular formula is C28H31N7O3S. The van der Waals surface area contributed by atoms with Crippen LogP contribution in [0.3, 0.4) is 0 Å². The molecule has 0 radical (unpaired) electrons. The number of nitrogens with zero attached hydrogens (tertiary/aromatic N) is 6. The third-order valence-corrected chi connectivity index (χ3v) is 6.94. The lowest BCUT2D eigenvalue weighted by Gasteiger charge is -2.37. The van der Waals surface area contributed by atoms with Crippen LogP contribution in [0.25, 0.3) is 16.8 Å². The van der Waals surface area contributed by atoms with Crippen LogP contribution in [0.5, 0.6) is 0 Å². The van der Waals surface area contributed by atoms with Crippen LogP contribution in [0.4, 0.5) is 16.2 Å². The fraction of sp³-hybridized carbons (Fsp3) is 0.321. The third kappa shape index (κ3) is 5.98. The van der Waals surface area contributed by atoms with Crippen molar-refractivity contribution in [3.8, 4) is 11.1 Å². The molecular weight excluding hydrogens is 514 g/mol. The summed E-state index contributed by atoms with van der Waals surface area (Å²) in [5, 5.41) is 8.33. The number of hydrogen-bond donors (Lipinski definition) is 1. The average molecular weight is 546 g/mol. The SMILES string of the molecule is CSc1ccc(-c2cnn3ccc(C(=O)Nc4ccccc4N4CCN(C(=O)OC(C)(C)C)CC4)nc23)cn1. The molecule has 0 atom stereocenters. The molecule has 1 aliphatic rings. The highest BCUT2D eigenvalue weighted by Crippen LogP contribution is 2.28. The number of ether oxygens (including phenoxy) is 1. The molecule has 1 saturated heterocycles. The summed E-state index contributed by atoms with van der Waals surface area (Å²) in [4.78, 5) is 38.7. The molecule has 0 unspecified atom stereocenters. The first kappa shape index (κ1) is 26.5. The summed E-state index contributed by atoms with van der Waals surface area (Å²) in [6.45, 7) is 7.90. The highest BCUT2D eigenvalue weighted by molar-refractivity contribution is 7.98. The number of amides is 2. The lowest BCUT2D eigenvalue weighted by Crippen LogP contribution is -2.50. The minimum Gasteiger partial charge on any atom is -0.444 e. The fourth-order valence-electron chi connectivity index (χ4n) is 4.36. The van der Waals surface area contributed by atoms with Crippen molar-refractivity contribution in [2.45, 2.75) is 31.4 Å². The minimum atomic E-state index is -0.532. The molecule has 0 saturated carbocycles. The molecule has 2 amide bonds. The normalized spacial score (nSPS) is 13.9. The van der Waals surface area contributed by atoms with E-state index in [0.29, 0.717) is 37.5 Å². The molecule has 4 heterocycles. The number of fused-ring (bicyclic) bond motifs is 1. The fourth-order valence-corrected chi connectivity index (χ4v) is 4.72. The number of carbonyl (C=O) groups excluding carboxylic acids is 2. The van der Waals surface area contributed by atoms with Crippen molar-refractivity contribution in [1.82, 2.24) is 24.5 Å². The predicted octanol–water partition coefficient (Wildman–Crippen LogP) is 4.82. The first-order valence-corrected chi connectivity index (χ1v) is 13.9. The summed E-state index contributed by atoms with van der Waals surface area (Å²) in [7, 11) is 0. The number of thioether (sulfide) groups is 1. The van der Waals surface area contributed by atoms with Gasteiger partial charge in [-0.3, -0.25) is 4.79 Å². The Morgan fingerprint density at radius 2 is 1.77 bits per heavy atom. The summed E-state index contributed by atoms with van der Waals surface area (Å²) in [6, 6.07) is 13.2. The lowest BCUT2D eigenvalue weighted by atomic mass is 10.1. The van der Waals surface area contributed by atoms with E-state index in [4.69, 9.17) is 4.74 Å². The second-order valence-corrected chi connectivity index (χ2v) is 11.0. The molecule has 1 fully saturated rings. The van der Waals surface area contributed by atoms with Crippen molar-refractivity contribution in [3.05, 3.63) is 66.7 Å². The highest BCUT2D eigenvalue weighted by atomic mass is 32.2. The van der Waals surface area contributed by atoms with Crippen LogP contribution in [0.2, 0.25) is 0 Å². The van der Waals surface area contributed by atoms with Gasteiger partial charge >= 0.3 is 6.09 Å². The van der Waals surface area contributed by atoms with Crippen LogP contribution in [0.15, 0.2) is 66.1 Å². The van der Waals surface area contributed by atoms with Gasteiger partial charge in [0.1, 0.15) is 11.3 Å². The van der Waals surface area contributed by atoms with E-state index in [1.807, 2.05) is 63.4 Å². The topological polar surface area (TPSA) is 105 Å². The Kier molecular flexibility index (Phi) is 7.42. The first-order valence-electron chi connectivity index (χ1n) is 12.7. The van der Waals surface area contributed by atoms with Crippen LogP contribution >= 0.6 is 11.8 Å². The number of nitrogens with one attached hydrogen (secondary N) is 1. The Labute approximate surface area is 231 Å². The molecule has 3 aromatic heterocycles. The number of carbonyl (C=O) groups is 2. The summed E-state index contributed by atoms with van der Waals surface area (Å²) >= 11 is 1.57. The van der Waals surface area contributed by atoms with Gasteiger partial charge < -0.3 is 19.9 Å². The quantitative estimate of drug-likeness (QED) is 0.356. The molecule has 0 bridgehead atoms. The van der Waals surface area contributed by atoms with Crippen LogP contribution in [0, 0.1) is 0 Å². The molecule has 0 spiro atoms. The maximum Gasteiger partial charge on any atom is 0.410 e. The minimum absolute atomic E-state index is 0.280. The maximum atomic E-state index is 13.3. The van der Waals surface area contributed by atoms with Gasteiger partial charge in [0.2, 0.25) is 0 Å². The summed E-state index contributed by atoms with van der Waals surface area (Å²) in [6.07, 6.45) is 6.92. The molecule has 4 aromatic rings. The van der Waals surface area contributed by atoms with Gasteiger partial charge in [0.15, 0.2) is 5.65 Å². The Hall–Kier alpha value is -4.12. The zero-order valence-corrected chi connectivity index (χ0v) is 23.2. The zero-order valence-electron chi connectivity index (χ0n) is 22.4. The summed E-state index contributed by atoms with van der Waals surface area (Å²) < 4.78 is 7.15. The maximum absolute atomic E-state index is 13.3. The number of aromatic nitrogens is 4. The van der Waals surface area contributed by atoms with E-state index in [0.717, 1.165) is 21.8 Å². The van der Waals surface area contributed by atoms with Crippen molar-refractivity contribution in [1.29, 1.82) is 0 Å². The standard InChI is InChI=1S/C28H31N7O3S/c1-28(2,3)38-27(37)34-15-13-33(14-16-34)23-8-6-5-7-21(23)32-26(36)22-11-12-35-25(31-22)20(18-30-35)19-9-10-24(39-4)29-17-19/h5-12,17-18H,13-16H2,1-4H3,(H,32,36). The number of rotatable bonds is 5. The van der Waals surface area contributed by atoms with E-state index in [2.05, 4.69) is 25.3 Å². The van der Waals surface area contributed by atoms with Crippen molar-refractivity contribution >= 4 is 40.8 Å². The largest absolute Gasteiger partial charge is 0.444 e. The van der Waals surface area contributed by atoms with Crippen LogP contribution in [-0.4, -0.2) is 74.5 Å². The van der Waals surface area contributed by atoms with E-state index < -0.39 is 5.60 Å². The summed E-state index contributed by atoms with van der Waals surface area (Å²) in [5.74, 6) is -0.319. The second-order valence-electron chi connectivity index (χ2n) is 10.2. The van der Waals surface area contributed by atoms with Crippen LogP contribution in [0.1, 0.15) is 31.3 Å². The third-order valence-electron chi connectivity index (χ3n) is 6.28. The number of para-hydroxylation sites is 2. The lowest BCUT2D eigenvalue weighted by molar-refractivity contribution is 0.0240. The monoisotopic (exact) mass is 545 g/mol. The van der Waals surface area contributed by atoms with Gasteiger partial charge in [-0.05, 0) is 57.4 Å². The van der Waals surface area contributed by atoms with Crippen LogP contribution < -0.4 is 10.2 Å². The molecule has 5 rings (SSSR count). The Bertz CT molecular complexity index is 1490. The summed E-state index contributed by atoms with van der Waals surface area (Å²) in [5.41, 5.74) is 3.57. The number of benzene rings is 1. The van der Waals surface area contributed by atoms with E-state index in [9.17, 15) is 9.59 Å². The number of anilines is 2. The smallest absolute Gasteiger partial charge is 0.410 e. The molecule has 1 aliphatic heterocycles. The second kappa shape index (κ2) is 10.9. The highest BCUT2D eigenvalue weighted by Gasteiger charge is 2.27. The van der Waals surface area contributed by atoms with Crippen molar-refractivity contribution in [2.24, 2.45) is 0 Å². The van der Waals surface area contributed by atoms with Gasteiger partial charge in [0.05, 0.1) is 22.6 Å². The first-order chi connectivity index (χ1) is 18.7. The van der Waals surface area contributed by atoms with Crippen molar-refractivity contribution in [3.63, 3.8) is 0 Å². The van der Waals surface area contributed by atoms with E-state index in [1.54, 1.807) is 45.8 Å². The van der Waals surface area contributed by atoms with Crippen LogP contribution in [-0.2, 0) is 4.74 Å². The Morgan fingerprint density at radius 3 is 2.46 bits per heavy atom. The molecule has 39 heavy (non-hydrogen) atoms. The molecule has 1 N–H and O–H groups in total. The molecule has 0 aliphatic carbocycles. The predicted molar refractivity (Wildman–Crippen MR) is 152 cm³/mol. The number of pyridine rings is 1. The van der Waals surface area contributed by atoms with Gasteiger partial charge in [-0.1, -0.05) is 12.1 Å². The van der Waals surface area contributed by atoms with Gasteiger partial charge in [-0.15, -0.1) is 11.8 Å². The molecule has 202 valence electrons. The van der Waals surface area contributed by atoms with E-state index in [-0.39, 0.29) is 17.7 Å². The van der Waals surface area contributed by atoms with Crippen molar-refractivity contribution in [2.75, 3.05) is 42.7 Å². The average Bonchev–Trinajstić information content (AvgIpc) is 3.36. The molecule has 11 heteroatoms. The van der Waals surface area contributed by atoms with Gasteiger partial charge in [-0.25, -0.2) is 19.3 Å². The Balaban J connectivity index is 1.31. The molecule has 1 aromatic carbocycles. The zero-order chi connectivity index (χ0) is 27.6. The van der Waals surface area contributed by atoms with E-state index >= 15 is 0 Å². The Morgan fingerprint density at radius 1 is 1.00 bits per heavy atom.